The molecule has 0 atom stereocenters. The zero-order valence-corrected chi connectivity index (χ0v) is 20.7. The molecule has 0 amide bonds. The van der Waals surface area contributed by atoms with E-state index < -0.39 is 17.4 Å². The standard InChI is InChI=1S/C14H14F3NO2.C13H15NO2/c1-3-18(4-2)9-5-6-10-11(14(15,16)17)8-13(19)20-12(10)7-9;1-3-14(4-2)11-9-10-7-5-6-8-12(10)16-13(11)15/h5-8H,3-4H2,1-2H3;5-9H,3-4H2,1-2H3. The summed E-state index contributed by atoms with van der Waals surface area (Å²) in [5.74, 6) is 0. The Morgan fingerprint density at radius 1 is 0.750 bits per heavy atom. The molecule has 0 spiro atoms. The van der Waals surface area contributed by atoms with Gasteiger partial charge >= 0.3 is 17.4 Å². The number of hydrogen-bond donors (Lipinski definition) is 0. The zero-order chi connectivity index (χ0) is 26.5. The molecule has 6 nitrogen and oxygen atoms in total. The molecule has 0 aliphatic rings. The summed E-state index contributed by atoms with van der Waals surface area (Å²) >= 11 is 0. The molecule has 192 valence electrons. The van der Waals surface area contributed by atoms with Crippen LogP contribution in [0.1, 0.15) is 33.3 Å². The Hall–Kier alpha value is -3.75. The predicted octanol–water partition coefficient (Wildman–Crippen LogP) is 6.30. The first-order chi connectivity index (χ1) is 17.1. The van der Waals surface area contributed by atoms with Gasteiger partial charge in [-0.15, -0.1) is 0 Å². The molecule has 36 heavy (non-hydrogen) atoms. The number of rotatable bonds is 6. The second kappa shape index (κ2) is 11.3. The third-order valence-electron chi connectivity index (χ3n) is 5.89. The highest BCUT2D eigenvalue weighted by Gasteiger charge is 2.33. The van der Waals surface area contributed by atoms with Crippen molar-refractivity contribution in [3.05, 3.63) is 81.0 Å². The Balaban J connectivity index is 0.000000205. The van der Waals surface area contributed by atoms with Crippen molar-refractivity contribution in [1.29, 1.82) is 0 Å². The van der Waals surface area contributed by atoms with E-state index in [2.05, 4.69) is 0 Å². The molecule has 0 saturated heterocycles. The van der Waals surface area contributed by atoms with Crippen LogP contribution in [0.15, 0.2) is 73.0 Å². The Morgan fingerprint density at radius 2 is 1.39 bits per heavy atom. The number of anilines is 2. The summed E-state index contributed by atoms with van der Waals surface area (Å²) in [4.78, 5) is 27.0. The maximum absolute atomic E-state index is 12.9. The topological polar surface area (TPSA) is 66.9 Å². The SMILES string of the molecule is CCN(CC)c1cc2ccccc2oc1=O.CCN(CC)c1ccc2c(C(F)(F)F)cc(=O)oc2c1. The average molecular weight is 503 g/mol. The van der Waals surface area contributed by atoms with Crippen LogP contribution in [-0.2, 0) is 6.18 Å². The van der Waals surface area contributed by atoms with Gasteiger partial charge in [0.2, 0.25) is 0 Å². The minimum atomic E-state index is -4.58. The molecular formula is C27H29F3N2O4. The van der Waals surface area contributed by atoms with Gasteiger partial charge in [-0.05, 0) is 52.0 Å². The molecule has 0 fully saturated rings. The number of alkyl halides is 3. The van der Waals surface area contributed by atoms with Crippen molar-refractivity contribution < 1.29 is 22.0 Å². The quantitative estimate of drug-likeness (QED) is 0.289. The van der Waals surface area contributed by atoms with Crippen molar-refractivity contribution >= 4 is 33.3 Å². The van der Waals surface area contributed by atoms with Crippen LogP contribution in [0.4, 0.5) is 24.5 Å². The van der Waals surface area contributed by atoms with Gasteiger partial charge in [-0.3, -0.25) is 0 Å². The lowest BCUT2D eigenvalue weighted by atomic mass is 10.1. The fourth-order valence-electron chi connectivity index (χ4n) is 4.01. The molecule has 2 aromatic carbocycles. The maximum atomic E-state index is 12.9. The summed E-state index contributed by atoms with van der Waals surface area (Å²) in [6.07, 6.45) is -4.58. The summed E-state index contributed by atoms with van der Waals surface area (Å²) in [6, 6.07) is 14.4. The molecule has 2 aromatic heterocycles. The van der Waals surface area contributed by atoms with E-state index in [1.54, 1.807) is 6.07 Å². The Morgan fingerprint density at radius 3 is 2.00 bits per heavy atom. The molecule has 0 saturated carbocycles. The average Bonchev–Trinajstić information content (AvgIpc) is 2.85. The zero-order valence-electron chi connectivity index (χ0n) is 20.7. The second-order valence-corrected chi connectivity index (χ2v) is 7.96. The second-order valence-electron chi connectivity index (χ2n) is 7.96. The number of hydrogen-bond acceptors (Lipinski definition) is 6. The molecule has 0 radical (unpaired) electrons. The first-order valence-electron chi connectivity index (χ1n) is 11.8. The maximum Gasteiger partial charge on any atom is 0.417 e. The fourth-order valence-corrected chi connectivity index (χ4v) is 4.01. The normalized spacial score (nSPS) is 11.3. The lowest BCUT2D eigenvalue weighted by Crippen LogP contribution is -2.27. The van der Waals surface area contributed by atoms with Crippen LogP contribution in [0.2, 0.25) is 0 Å². The van der Waals surface area contributed by atoms with Crippen molar-refractivity contribution in [2.24, 2.45) is 0 Å². The third-order valence-corrected chi connectivity index (χ3v) is 5.89. The molecule has 4 aromatic rings. The number of nitrogens with zero attached hydrogens (tertiary/aromatic N) is 2. The molecular weight excluding hydrogens is 473 g/mol. The highest BCUT2D eigenvalue weighted by Crippen LogP contribution is 2.35. The van der Waals surface area contributed by atoms with Gasteiger partial charge in [0.15, 0.2) is 0 Å². The van der Waals surface area contributed by atoms with Crippen molar-refractivity contribution in [1.82, 2.24) is 0 Å². The van der Waals surface area contributed by atoms with Gasteiger partial charge in [0.25, 0.3) is 0 Å². The van der Waals surface area contributed by atoms with E-state index in [-0.39, 0.29) is 16.6 Å². The lowest BCUT2D eigenvalue weighted by molar-refractivity contribution is -0.136. The minimum absolute atomic E-state index is 0.0470. The van der Waals surface area contributed by atoms with Crippen LogP contribution in [0, 0.1) is 0 Å². The van der Waals surface area contributed by atoms with Crippen molar-refractivity contribution in [3.63, 3.8) is 0 Å². The van der Waals surface area contributed by atoms with Gasteiger partial charge in [-0.1, -0.05) is 18.2 Å². The number of fused-ring (bicyclic) bond motifs is 2. The Kier molecular flexibility index (Phi) is 8.45. The summed E-state index contributed by atoms with van der Waals surface area (Å²) in [5.41, 5.74) is -0.259. The van der Waals surface area contributed by atoms with E-state index in [1.165, 1.54) is 12.1 Å². The van der Waals surface area contributed by atoms with Gasteiger partial charge in [-0.25, -0.2) is 9.59 Å². The predicted molar refractivity (Wildman–Crippen MR) is 137 cm³/mol. The summed E-state index contributed by atoms with van der Waals surface area (Å²) < 4.78 is 48.9. The van der Waals surface area contributed by atoms with Gasteiger partial charge < -0.3 is 18.6 Å². The van der Waals surface area contributed by atoms with Gasteiger partial charge in [0, 0.05) is 54.8 Å². The van der Waals surface area contributed by atoms with E-state index in [1.807, 2.05) is 67.8 Å². The van der Waals surface area contributed by atoms with E-state index >= 15 is 0 Å². The molecule has 9 heteroatoms. The van der Waals surface area contributed by atoms with Crippen LogP contribution < -0.4 is 21.1 Å². The van der Waals surface area contributed by atoms with Gasteiger partial charge in [0.05, 0.1) is 5.56 Å². The first kappa shape index (κ1) is 26.8. The van der Waals surface area contributed by atoms with Crippen LogP contribution in [0.25, 0.3) is 21.9 Å². The highest BCUT2D eigenvalue weighted by molar-refractivity contribution is 5.84. The van der Waals surface area contributed by atoms with Crippen molar-refractivity contribution in [3.8, 4) is 0 Å². The van der Waals surface area contributed by atoms with Gasteiger partial charge in [-0.2, -0.15) is 13.2 Å². The lowest BCUT2D eigenvalue weighted by Gasteiger charge is -2.21. The van der Waals surface area contributed by atoms with E-state index in [4.69, 9.17) is 8.83 Å². The van der Waals surface area contributed by atoms with E-state index in [9.17, 15) is 22.8 Å². The third kappa shape index (κ3) is 5.90. The smallest absolute Gasteiger partial charge is 0.417 e. The first-order valence-corrected chi connectivity index (χ1v) is 11.8. The van der Waals surface area contributed by atoms with Crippen LogP contribution in [0.3, 0.4) is 0 Å². The molecule has 0 aliphatic heterocycles. The molecule has 0 unspecified atom stereocenters. The molecule has 2 heterocycles. The largest absolute Gasteiger partial charge is 0.423 e. The summed E-state index contributed by atoms with van der Waals surface area (Å²) in [6.45, 7) is 11.0. The van der Waals surface area contributed by atoms with E-state index in [0.29, 0.717) is 30.4 Å². The van der Waals surface area contributed by atoms with Crippen LogP contribution >= 0.6 is 0 Å². The highest BCUT2D eigenvalue weighted by atomic mass is 19.4. The van der Waals surface area contributed by atoms with Crippen molar-refractivity contribution in [2.75, 3.05) is 36.0 Å². The number of benzene rings is 2. The molecule has 0 N–H and O–H groups in total. The summed E-state index contributed by atoms with van der Waals surface area (Å²) in [5, 5.41) is 0.858. The number of halogens is 3. The molecule has 4 rings (SSSR count). The minimum Gasteiger partial charge on any atom is -0.423 e. The Bertz CT molecular complexity index is 1440. The molecule has 0 bridgehead atoms. The monoisotopic (exact) mass is 502 g/mol. The van der Waals surface area contributed by atoms with Crippen LogP contribution in [0.5, 0.6) is 0 Å². The fraction of sp³-hybridized carbons (Fsp3) is 0.333. The summed E-state index contributed by atoms with van der Waals surface area (Å²) in [7, 11) is 0. The van der Waals surface area contributed by atoms with E-state index in [0.717, 1.165) is 24.2 Å². The number of para-hydroxylation sites is 1. The Labute approximate surface area is 206 Å². The van der Waals surface area contributed by atoms with Crippen LogP contribution in [-0.4, -0.2) is 26.2 Å². The van der Waals surface area contributed by atoms with Crippen molar-refractivity contribution in [2.45, 2.75) is 33.9 Å². The van der Waals surface area contributed by atoms with Gasteiger partial charge in [0.1, 0.15) is 16.9 Å². The molecule has 0 aliphatic carbocycles.